The van der Waals surface area contributed by atoms with Crippen LogP contribution in [0.4, 0.5) is 0 Å². The highest BCUT2D eigenvalue weighted by Crippen LogP contribution is 2.30. The highest BCUT2D eigenvalue weighted by atomic mass is 16.5. The zero-order chi connectivity index (χ0) is 19.4. The molecule has 2 aromatic rings. The fraction of sp³-hybridized carbons (Fsp3) is 0.429. The van der Waals surface area contributed by atoms with E-state index < -0.39 is 5.97 Å². The third-order valence-electron chi connectivity index (χ3n) is 4.84. The molecule has 0 unspecified atom stereocenters. The van der Waals surface area contributed by atoms with Gasteiger partial charge in [-0.05, 0) is 56.0 Å². The van der Waals surface area contributed by atoms with Gasteiger partial charge < -0.3 is 18.8 Å². The number of aryl methyl sites for hydroxylation is 1. The summed E-state index contributed by atoms with van der Waals surface area (Å²) in [5.74, 6) is 1.02. The van der Waals surface area contributed by atoms with Crippen LogP contribution < -0.4 is 9.47 Å². The minimum absolute atomic E-state index is 0.0694. The second-order valence-electron chi connectivity index (χ2n) is 6.52. The Morgan fingerprint density at radius 2 is 1.89 bits per heavy atom. The molecule has 0 saturated heterocycles. The number of carbonyl (C=O) groups excluding carboxylic acids is 2. The maximum Gasteiger partial charge on any atom is 0.354 e. The van der Waals surface area contributed by atoms with Crippen LogP contribution in [0.3, 0.4) is 0 Å². The molecule has 1 aliphatic carbocycles. The van der Waals surface area contributed by atoms with Crippen molar-refractivity contribution in [2.45, 2.75) is 39.2 Å². The molecule has 27 heavy (non-hydrogen) atoms. The van der Waals surface area contributed by atoms with E-state index in [-0.39, 0.29) is 12.4 Å². The number of methoxy groups -OCH3 is 2. The van der Waals surface area contributed by atoms with Crippen molar-refractivity contribution < 1.29 is 23.8 Å². The van der Waals surface area contributed by atoms with Crippen LogP contribution in [0.1, 0.15) is 58.3 Å². The SMILES string of the molecule is CCOC(=O)c1cc2c(n1Cc1cc(OC)ccc1OC)C(=O)CCCC2. The number of benzene rings is 1. The van der Waals surface area contributed by atoms with E-state index in [4.69, 9.17) is 14.2 Å². The second kappa shape index (κ2) is 8.29. The molecule has 144 valence electrons. The summed E-state index contributed by atoms with van der Waals surface area (Å²) < 4.78 is 17.8. The fourth-order valence-electron chi connectivity index (χ4n) is 3.56. The van der Waals surface area contributed by atoms with Gasteiger partial charge in [0.1, 0.15) is 17.2 Å². The number of esters is 1. The zero-order valence-corrected chi connectivity index (χ0v) is 16.0. The van der Waals surface area contributed by atoms with Crippen molar-refractivity contribution in [2.24, 2.45) is 0 Å². The lowest BCUT2D eigenvalue weighted by molar-refractivity contribution is 0.0514. The van der Waals surface area contributed by atoms with Crippen molar-refractivity contribution >= 4 is 11.8 Å². The first-order valence-corrected chi connectivity index (χ1v) is 9.22. The lowest BCUT2D eigenvalue weighted by Crippen LogP contribution is -2.17. The normalized spacial score (nSPS) is 13.7. The summed E-state index contributed by atoms with van der Waals surface area (Å²) >= 11 is 0. The first kappa shape index (κ1) is 19.0. The Morgan fingerprint density at radius 1 is 1.11 bits per heavy atom. The van der Waals surface area contributed by atoms with E-state index in [1.165, 1.54) is 0 Å². The Balaban J connectivity index is 2.12. The smallest absolute Gasteiger partial charge is 0.354 e. The molecule has 0 atom stereocenters. The Bertz CT molecular complexity index is 852. The highest BCUT2D eigenvalue weighted by Gasteiger charge is 2.27. The molecule has 0 N–H and O–H groups in total. The number of nitrogens with zero attached hydrogens (tertiary/aromatic N) is 1. The van der Waals surface area contributed by atoms with Gasteiger partial charge in [0.05, 0.1) is 33.1 Å². The Labute approximate surface area is 159 Å². The lowest BCUT2D eigenvalue weighted by Gasteiger charge is -2.16. The highest BCUT2D eigenvalue weighted by molar-refractivity contribution is 5.99. The molecule has 1 heterocycles. The summed E-state index contributed by atoms with van der Waals surface area (Å²) in [5.41, 5.74) is 2.77. The average molecular weight is 371 g/mol. The predicted molar refractivity (Wildman–Crippen MR) is 101 cm³/mol. The van der Waals surface area contributed by atoms with Gasteiger partial charge in [-0.2, -0.15) is 0 Å². The van der Waals surface area contributed by atoms with Gasteiger partial charge >= 0.3 is 5.97 Å². The number of carbonyl (C=O) groups is 2. The van der Waals surface area contributed by atoms with Crippen LogP contribution in [0, 0.1) is 0 Å². The van der Waals surface area contributed by atoms with E-state index in [0.717, 1.165) is 30.4 Å². The number of Topliss-reactive ketones (excluding diaryl/α,β-unsaturated/α-hetero) is 1. The number of fused-ring (bicyclic) bond motifs is 1. The number of rotatable bonds is 6. The molecule has 6 nitrogen and oxygen atoms in total. The van der Waals surface area contributed by atoms with Gasteiger partial charge in [-0.3, -0.25) is 4.79 Å². The van der Waals surface area contributed by atoms with Gasteiger partial charge in [0.15, 0.2) is 5.78 Å². The summed E-state index contributed by atoms with van der Waals surface area (Å²) in [4.78, 5) is 25.3. The van der Waals surface area contributed by atoms with Gasteiger partial charge in [0, 0.05) is 12.0 Å². The van der Waals surface area contributed by atoms with Crippen LogP contribution in [0.5, 0.6) is 11.5 Å². The molecule has 3 rings (SSSR count). The fourth-order valence-corrected chi connectivity index (χ4v) is 3.56. The van der Waals surface area contributed by atoms with Gasteiger partial charge in [0.25, 0.3) is 0 Å². The molecule has 0 bridgehead atoms. The number of hydrogen-bond acceptors (Lipinski definition) is 5. The van der Waals surface area contributed by atoms with Gasteiger partial charge in [-0.25, -0.2) is 4.79 Å². The topological polar surface area (TPSA) is 66.8 Å². The molecule has 0 saturated carbocycles. The number of aromatic nitrogens is 1. The minimum atomic E-state index is -0.416. The molecular formula is C21H25NO5. The third kappa shape index (κ3) is 3.84. The van der Waals surface area contributed by atoms with Crippen molar-refractivity contribution in [3.8, 4) is 11.5 Å². The van der Waals surface area contributed by atoms with Crippen molar-refractivity contribution in [1.29, 1.82) is 0 Å². The van der Waals surface area contributed by atoms with Crippen LogP contribution in [0.2, 0.25) is 0 Å². The van der Waals surface area contributed by atoms with Crippen LogP contribution in [0.15, 0.2) is 24.3 Å². The standard InChI is InChI=1S/C21H25NO5/c1-4-27-21(24)17-12-14-7-5-6-8-18(23)20(14)22(17)13-15-11-16(25-2)9-10-19(15)26-3/h9-12H,4-8,13H2,1-3H3. The van der Waals surface area contributed by atoms with Crippen molar-refractivity contribution in [1.82, 2.24) is 4.57 Å². The third-order valence-corrected chi connectivity index (χ3v) is 4.84. The van der Waals surface area contributed by atoms with E-state index in [2.05, 4.69) is 0 Å². The van der Waals surface area contributed by atoms with Crippen LogP contribution in [-0.2, 0) is 17.7 Å². The molecule has 1 aromatic carbocycles. The predicted octanol–water partition coefficient (Wildman–Crippen LogP) is 3.64. The summed E-state index contributed by atoms with van der Waals surface area (Å²) in [7, 11) is 3.19. The van der Waals surface area contributed by atoms with Crippen molar-refractivity contribution in [2.75, 3.05) is 20.8 Å². The van der Waals surface area contributed by atoms with Crippen molar-refractivity contribution in [3.63, 3.8) is 0 Å². The summed E-state index contributed by atoms with van der Waals surface area (Å²) in [6.07, 6.45) is 3.09. The first-order chi connectivity index (χ1) is 13.1. The number of ketones is 1. The van der Waals surface area contributed by atoms with Crippen LogP contribution in [-0.4, -0.2) is 37.1 Å². The van der Waals surface area contributed by atoms with Crippen LogP contribution in [0.25, 0.3) is 0 Å². The van der Waals surface area contributed by atoms with Gasteiger partial charge in [-0.15, -0.1) is 0 Å². The molecule has 0 aliphatic heterocycles. The average Bonchev–Trinajstić information content (AvgIpc) is 2.93. The van der Waals surface area contributed by atoms with E-state index >= 15 is 0 Å². The van der Waals surface area contributed by atoms with E-state index in [0.29, 0.717) is 35.9 Å². The maximum absolute atomic E-state index is 12.8. The Hall–Kier alpha value is -2.76. The van der Waals surface area contributed by atoms with Crippen LogP contribution >= 0.6 is 0 Å². The summed E-state index contributed by atoms with van der Waals surface area (Å²) in [5, 5.41) is 0. The maximum atomic E-state index is 12.8. The molecule has 0 amide bonds. The van der Waals surface area contributed by atoms with Crippen molar-refractivity contribution in [3.05, 3.63) is 46.8 Å². The molecule has 1 aromatic heterocycles. The molecule has 0 spiro atoms. The largest absolute Gasteiger partial charge is 0.497 e. The monoisotopic (exact) mass is 371 g/mol. The Morgan fingerprint density at radius 3 is 2.59 bits per heavy atom. The second-order valence-corrected chi connectivity index (χ2v) is 6.52. The first-order valence-electron chi connectivity index (χ1n) is 9.22. The summed E-state index contributed by atoms with van der Waals surface area (Å²) in [6.45, 7) is 2.38. The summed E-state index contributed by atoms with van der Waals surface area (Å²) in [6, 6.07) is 7.31. The minimum Gasteiger partial charge on any atom is -0.497 e. The molecular weight excluding hydrogens is 346 g/mol. The molecule has 0 fully saturated rings. The molecule has 1 aliphatic rings. The van der Waals surface area contributed by atoms with E-state index in [1.54, 1.807) is 25.7 Å². The van der Waals surface area contributed by atoms with Gasteiger partial charge in [0.2, 0.25) is 0 Å². The Kier molecular flexibility index (Phi) is 5.84. The van der Waals surface area contributed by atoms with E-state index in [9.17, 15) is 9.59 Å². The van der Waals surface area contributed by atoms with Gasteiger partial charge in [-0.1, -0.05) is 0 Å². The zero-order valence-electron chi connectivity index (χ0n) is 16.0. The number of hydrogen-bond donors (Lipinski definition) is 0. The van der Waals surface area contributed by atoms with E-state index in [1.807, 2.05) is 24.3 Å². The lowest BCUT2D eigenvalue weighted by atomic mass is 10.1. The quantitative estimate of drug-likeness (QED) is 0.573. The molecule has 0 radical (unpaired) electrons. The number of ether oxygens (including phenoxy) is 3. The molecule has 6 heteroatoms.